The summed E-state index contributed by atoms with van der Waals surface area (Å²) in [5.74, 6) is 0.356. The first kappa shape index (κ1) is 18.7. The van der Waals surface area contributed by atoms with Crippen LogP contribution >= 0.6 is 34.5 Å². The highest BCUT2D eigenvalue weighted by Gasteiger charge is 2.17. The van der Waals surface area contributed by atoms with E-state index in [-0.39, 0.29) is 5.91 Å². The minimum absolute atomic E-state index is 0.267. The Morgan fingerprint density at radius 1 is 1.15 bits per heavy atom. The van der Waals surface area contributed by atoms with Crippen molar-refractivity contribution in [3.05, 3.63) is 63.5 Å². The summed E-state index contributed by atoms with van der Waals surface area (Å²) in [4.78, 5) is 16.8. The Morgan fingerprint density at radius 3 is 2.54 bits per heavy atom. The second-order valence-electron chi connectivity index (χ2n) is 5.70. The molecule has 0 radical (unpaired) electrons. The predicted molar refractivity (Wildman–Crippen MR) is 107 cm³/mol. The van der Waals surface area contributed by atoms with Gasteiger partial charge in [-0.05, 0) is 49.7 Å². The molecule has 1 heterocycles. The summed E-state index contributed by atoms with van der Waals surface area (Å²) >= 11 is 13.2. The molecule has 0 saturated carbocycles. The fourth-order valence-corrected chi connectivity index (χ4v) is 3.36. The van der Waals surface area contributed by atoms with Crippen molar-refractivity contribution in [2.75, 3.05) is 5.32 Å². The second-order valence-corrected chi connectivity index (χ2v) is 7.43. The number of ether oxygens (including phenoxy) is 1. The number of carbonyl (C=O) groups excluding carboxylic acids is 1. The fourth-order valence-electron chi connectivity index (χ4n) is 2.28. The first-order valence-corrected chi connectivity index (χ1v) is 9.51. The van der Waals surface area contributed by atoms with Crippen LogP contribution < -0.4 is 10.1 Å². The maximum Gasteiger partial charge on any atom is 0.266 e. The molecule has 0 bridgehead atoms. The number of hydrogen-bond donors (Lipinski definition) is 1. The fraction of sp³-hybridized carbons (Fsp3) is 0.158. The monoisotopic (exact) mass is 406 g/mol. The number of aromatic nitrogens is 1. The Kier molecular flexibility index (Phi) is 5.81. The Balaban J connectivity index is 1.65. The van der Waals surface area contributed by atoms with Gasteiger partial charge >= 0.3 is 0 Å². The molecule has 1 unspecified atom stereocenters. The van der Waals surface area contributed by atoms with Gasteiger partial charge in [0, 0.05) is 21.0 Å². The van der Waals surface area contributed by atoms with Crippen molar-refractivity contribution in [1.82, 2.24) is 4.98 Å². The molecule has 0 spiro atoms. The van der Waals surface area contributed by atoms with E-state index in [1.165, 1.54) is 11.3 Å². The highest BCUT2D eigenvalue weighted by Crippen LogP contribution is 2.27. The van der Waals surface area contributed by atoms with E-state index in [1.54, 1.807) is 37.3 Å². The first-order valence-electron chi connectivity index (χ1n) is 7.87. The van der Waals surface area contributed by atoms with Gasteiger partial charge in [-0.2, -0.15) is 0 Å². The number of hydrogen-bond acceptors (Lipinski definition) is 4. The zero-order valence-corrected chi connectivity index (χ0v) is 16.5. The lowest BCUT2D eigenvalue weighted by atomic mass is 10.2. The molecule has 0 aliphatic carbocycles. The number of amides is 1. The topological polar surface area (TPSA) is 51.2 Å². The summed E-state index contributed by atoms with van der Waals surface area (Å²) in [6, 6.07) is 12.7. The third-order valence-electron chi connectivity index (χ3n) is 3.68. The molecule has 1 N–H and O–H groups in total. The van der Waals surface area contributed by atoms with Crippen molar-refractivity contribution in [2.45, 2.75) is 20.0 Å². The van der Waals surface area contributed by atoms with Gasteiger partial charge < -0.3 is 4.74 Å². The summed E-state index contributed by atoms with van der Waals surface area (Å²) in [5.41, 5.74) is 2.59. The van der Waals surface area contributed by atoms with Crippen molar-refractivity contribution in [3.63, 3.8) is 0 Å². The van der Waals surface area contributed by atoms with E-state index in [1.807, 2.05) is 24.4 Å². The van der Waals surface area contributed by atoms with E-state index in [0.717, 1.165) is 16.8 Å². The van der Waals surface area contributed by atoms with Crippen LogP contribution in [0.25, 0.3) is 11.3 Å². The standard InChI is InChI=1S/C19H16Cl2N2O2S/c1-11-9-15(21)7-8-17(11)25-12(2)18(24)23-19-22-16(10-26-19)13-3-5-14(20)6-4-13/h3-10,12H,1-2H3,(H,22,23,24). The lowest BCUT2D eigenvalue weighted by Crippen LogP contribution is -2.30. The molecule has 3 aromatic rings. The number of rotatable bonds is 5. The number of benzene rings is 2. The van der Waals surface area contributed by atoms with E-state index in [2.05, 4.69) is 10.3 Å². The Labute approximate surface area is 165 Å². The molecule has 0 aliphatic rings. The van der Waals surface area contributed by atoms with Crippen LogP contribution in [0.1, 0.15) is 12.5 Å². The van der Waals surface area contributed by atoms with Crippen LogP contribution in [0.2, 0.25) is 10.0 Å². The van der Waals surface area contributed by atoms with Crippen molar-refractivity contribution in [3.8, 4) is 17.0 Å². The normalized spacial score (nSPS) is 11.8. The molecule has 0 saturated heterocycles. The van der Waals surface area contributed by atoms with Crippen LogP contribution in [0.15, 0.2) is 47.8 Å². The van der Waals surface area contributed by atoms with Gasteiger partial charge in [-0.3, -0.25) is 10.1 Å². The molecule has 2 aromatic carbocycles. The molecule has 0 aliphatic heterocycles. The molecule has 1 atom stereocenters. The maximum atomic E-state index is 12.4. The average molecular weight is 407 g/mol. The van der Waals surface area contributed by atoms with Gasteiger partial charge in [-0.15, -0.1) is 11.3 Å². The van der Waals surface area contributed by atoms with Gasteiger partial charge in [0.1, 0.15) is 5.75 Å². The van der Waals surface area contributed by atoms with E-state index in [4.69, 9.17) is 27.9 Å². The minimum Gasteiger partial charge on any atom is -0.481 e. The van der Waals surface area contributed by atoms with E-state index in [0.29, 0.717) is 20.9 Å². The summed E-state index contributed by atoms with van der Waals surface area (Å²) < 4.78 is 5.73. The predicted octanol–water partition coefficient (Wildman–Crippen LogP) is 5.83. The smallest absolute Gasteiger partial charge is 0.266 e. The largest absolute Gasteiger partial charge is 0.481 e. The highest BCUT2D eigenvalue weighted by atomic mass is 35.5. The Bertz CT molecular complexity index is 926. The highest BCUT2D eigenvalue weighted by molar-refractivity contribution is 7.14. The maximum absolute atomic E-state index is 12.4. The van der Waals surface area contributed by atoms with E-state index < -0.39 is 6.10 Å². The number of nitrogens with one attached hydrogen (secondary N) is 1. The number of thiazole rings is 1. The number of aryl methyl sites for hydroxylation is 1. The van der Waals surface area contributed by atoms with Crippen LogP contribution in [-0.2, 0) is 4.79 Å². The molecule has 0 fully saturated rings. The molecule has 1 amide bonds. The summed E-state index contributed by atoms with van der Waals surface area (Å²) in [7, 11) is 0. The number of anilines is 1. The summed E-state index contributed by atoms with van der Waals surface area (Å²) in [6.45, 7) is 3.57. The first-order chi connectivity index (χ1) is 12.4. The second kappa shape index (κ2) is 8.08. The van der Waals surface area contributed by atoms with Crippen LogP contribution in [-0.4, -0.2) is 17.0 Å². The molecule has 7 heteroatoms. The summed E-state index contributed by atoms with van der Waals surface area (Å²) in [5, 5.41) is 6.48. The van der Waals surface area contributed by atoms with Gasteiger partial charge in [0.25, 0.3) is 5.91 Å². The zero-order valence-electron chi connectivity index (χ0n) is 14.1. The number of halogens is 2. The van der Waals surface area contributed by atoms with Crippen molar-refractivity contribution >= 4 is 45.6 Å². The van der Waals surface area contributed by atoms with Crippen molar-refractivity contribution in [2.24, 2.45) is 0 Å². The quantitative estimate of drug-likeness (QED) is 0.579. The Morgan fingerprint density at radius 2 is 1.85 bits per heavy atom. The van der Waals surface area contributed by atoms with Gasteiger partial charge in [0.05, 0.1) is 5.69 Å². The summed E-state index contributed by atoms with van der Waals surface area (Å²) in [6.07, 6.45) is -0.669. The molecule has 4 nitrogen and oxygen atoms in total. The third kappa shape index (κ3) is 4.55. The van der Waals surface area contributed by atoms with Gasteiger partial charge in [0.2, 0.25) is 0 Å². The lowest BCUT2D eigenvalue weighted by Gasteiger charge is -2.15. The van der Waals surface area contributed by atoms with E-state index >= 15 is 0 Å². The van der Waals surface area contributed by atoms with Gasteiger partial charge in [0.15, 0.2) is 11.2 Å². The third-order valence-corrected chi connectivity index (χ3v) is 4.93. The van der Waals surface area contributed by atoms with E-state index in [9.17, 15) is 4.79 Å². The van der Waals surface area contributed by atoms with Crippen molar-refractivity contribution in [1.29, 1.82) is 0 Å². The minimum atomic E-state index is -0.669. The molecular formula is C19H16Cl2N2O2S. The molecule has 26 heavy (non-hydrogen) atoms. The van der Waals surface area contributed by atoms with Crippen LogP contribution in [0.4, 0.5) is 5.13 Å². The van der Waals surface area contributed by atoms with Gasteiger partial charge in [-0.1, -0.05) is 35.3 Å². The molecular weight excluding hydrogens is 391 g/mol. The molecule has 134 valence electrons. The average Bonchev–Trinajstić information content (AvgIpc) is 3.06. The van der Waals surface area contributed by atoms with Crippen LogP contribution in [0.3, 0.4) is 0 Å². The van der Waals surface area contributed by atoms with Crippen LogP contribution in [0.5, 0.6) is 5.75 Å². The van der Waals surface area contributed by atoms with Crippen LogP contribution in [0, 0.1) is 6.92 Å². The zero-order chi connectivity index (χ0) is 18.7. The molecule has 3 rings (SSSR count). The van der Waals surface area contributed by atoms with Crippen molar-refractivity contribution < 1.29 is 9.53 Å². The SMILES string of the molecule is Cc1cc(Cl)ccc1OC(C)C(=O)Nc1nc(-c2ccc(Cl)cc2)cs1. The lowest BCUT2D eigenvalue weighted by molar-refractivity contribution is -0.122. The van der Waals surface area contributed by atoms with Gasteiger partial charge in [-0.25, -0.2) is 4.98 Å². The molecule has 1 aromatic heterocycles. The Hall–Kier alpha value is -2.08. The number of carbonyl (C=O) groups is 1. The number of nitrogens with zero attached hydrogens (tertiary/aromatic N) is 1.